The quantitative estimate of drug-likeness (QED) is 0.889. The molecule has 0 radical (unpaired) electrons. The lowest BCUT2D eigenvalue weighted by atomic mass is 9.49. The van der Waals surface area contributed by atoms with Gasteiger partial charge in [-0.3, -0.25) is 4.90 Å². The van der Waals surface area contributed by atoms with Gasteiger partial charge < -0.3 is 5.11 Å². The maximum atomic E-state index is 10.4. The molecule has 1 heterocycles. The average Bonchev–Trinajstić information content (AvgIpc) is 2.49. The maximum absolute atomic E-state index is 10.4. The van der Waals surface area contributed by atoms with E-state index in [4.69, 9.17) is 0 Å². The molecule has 2 unspecified atom stereocenters. The number of rotatable bonds is 4. The normalized spacial score (nSPS) is 29.4. The fraction of sp³-hybridized carbons (Fsp3) is 0.727. The highest BCUT2D eigenvalue weighted by Crippen LogP contribution is 2.58. The number of aliphatic hydroxyl groups is 1. The van der Waals surface area contributed by atoms with Crippen molar-refractivity contribution in [2.75, 3.05) is 13.1 Å². The van der Waals surface area contributed by atoms with Crippen molar-refractivity contribution in [3.05, 3.63) is 34.9 Å². The van der Waals surface area contributed by atoms with Gasteiger partial charge in [0.05, 0.1) is 5.60 Å². The van der Waals surface area contributed by atoms with Crippen molar-refractivity contribution < 1.29 is 5.11 Å². The summed E-state index contributed by atoms with van der Waals surface area (Å²) in [5.74, 6) is 0. The zero-order valence-electron chi connectivity index (χ0n) is 16.4. The Morgan fingerprint density at radius 3 is 2.54 bits per heavy atom. The van der Waals surface area contributed by atoms with Crippen LogP contribution in [0.5, 0.6) is 0 Å². The summed E-state index contributed by atoms with van der Waals surface area (Å²) in [5.41, 5.74) is 4.49. The van der Waals surface area contributed by atoms with Crippen molar-refractivity contribution in [3.8, 4) is 0 Å². The number of fused-ring (bicyclic) bond motifs is 4. The smallest absolute Gasteiger partial charge is 0.0718 e. The summed E-state index contributed by atoms with van der Waals surface area (Å²) in [6.07, 6.45) is 4.63. The molecule has 134 valence electrons. The van der Waals surface area contributed by atoms with E-state index < -0.39 is 5.60 Å². The summed E-state index contributed by atoms with van der Waals surface area (Å²) in [6.45, 7) is 15.3. The van der Waals surface area contributed by atoms with Gasteiger partial charge in [0.2, 0.25) is 0 Å². The van der Waals surface area contributed by atoms with Gasteiger partial charge in [-0.1, -0.05) is 45.9 Å². The van der Waals surface area contributed by atoms with Gasteiger partial charge >= 0.3 is 0 Å². The summed E-state index contributed by atoms with van der Waals surface area (Å²) in [4.78, 5) is 2.56. The van der Waals surface area contributed by atoms with Gasteiger partial charge in [-0.2, -0.15) is 0 Å². The van der Waals surface area contributed by atoms with Gasteiger partial charge in [0.1, 0.15) is 0 Å². The molecular weight excluding hydrogens is 294 g/mol. The maximum Gasteiger partial charge on any atom is 0.0718 e. The third-order valence-corrected chi connectivity index (χ3v) is 7.04. The molecule has 0 saturated carbocycles. The fourth-order valence-corrected chi connectivity index (χ4v) is 5.64. The number of β-amino-alcohol motifs (C(OH)–C–C–N with tert-alkyl or cyclic N) is 1. The third kappa shape index (κ3) is 2.63. The minimum atomic E-state index is -0.630. The SMILES string of the molecule is CCc1ccc2c(c1)C1(CC)CCN(CC(C)(C)O)C(C2)C1(C)C. The van der Waals surface area contributed by atoms with Crippen LogP contribution in [-0.2, 0) is 18.3 Å². The Morgan fingerprint density at radius 2 is 1.96 bits per heavy atom. The molecule has 2 atom stereocenters. The van der Waals surface area contributed by atoms with Gasteiger partial charge in [0.15, 0.2) is 0 Å². The van der Waals surface area contributed by atoms with E-state index in [1.165, 1.54) is 18.4 Å². The second kappa shape index (κ2) is 5.85. The largest absolute Gasteiger partial charge is 0.389 e. The first-order valence-corrected chi connectivity index (χ1v) is 9.73. The predicted octanol–water partition coefficient (Wildman–Crippen LogP) is 4.32. The minimum absolute atomic E-state index is 0.227. The van der Waals surface area contributed by atoms with E-state index in [0.29, 0.717) is 6.04 Å². The lowest BCUT2D eigenvalue weighted by Crippen LogP contribution is -2.66. The Bertz CT molecular complexity index is 613. The van der Waals surface area contributed by atoms with E-state index in [0.717, 1.165) is 25.9 Å². The molecule has 2 aliphatic rings. The number of nitrogens with zero attached hydrogens (tertiary/aromatic N) is 1. The molecule has 1 aliphatic heterocycles. The Labute approximate surface area is 148 Å². The highest BCUT2D eigenvalue weighted by Gasteiger charge is 2.57. The van der Waals surface area contributed by atoms with E-state index in [1.54, 1.807) is 11.1 Å². The molecule has 1 aromatic rings. The monoisotopic (exact) mass is 329 g/mol. The minimum Gasteiger partial charge on any atom is -0.389 e. The van der Waals surface area contributed by atoms with E-state index >= 15 is 0 Å². The Morgan fingerprint density at radius 1 is 1.25 bits per heavy atom. The summed E-state index contributed by atoms with van der Waals surface area (Å²) < 4.78 is 0. The third-order valence-electron chi connectivity index (χ3n) is 7.04. The summed E-state index contributed by atoms with van der Waals surface area (Å²) in [7, 11) is 0. The highest BCUT2D eigenvalue weighted by atomic mass is 16.3. The fourth-order valence-electron chi connectivity index (χ4n) is 5.64. The van der Waals surface area contributed by atoms with Gasteiger partial charge in [0.25, 0.3) is 0 Å². The van der Waals surface area contributed by atoms with Crippen molar-refractivity contribution in [1.82, 2.24) is 4.90 Å². The molecule has 0 amide bonds. The van der Waals surface area contributed by atoms with Crippen LogP contribution in [0.3, 0.4) is 0 Å². The molecule has 1 N–H and O–H groups in total. The van der Waals surface area contributed by atoms with Gasteiger partial charge in [-0.25, -0.2) is 0 Å². The van der Waals surface area contributed by atoms with Crippen LogP contribution in [0.2, 0.25) is 0 Å². The molecule has 1 aromatic carbocycles. The van der Waals surface area contributed by atoms with Crippen LogP contribution in [0.4, 0.5) is 0 Å². The highest BCUT2D eigenvalue weighted by molar-refractivity contribution is 5.44. The zero-order valence-corrected chi connectivity index (χ0v) is 16.4. The average molecular weight is 330 g/mol. The number of piperidine rings is 1. The van der Waals surface area contributed by atoms with E-state index in [1.807, 2.05) is 13.8 Å². The summed E-state index contributed by atoms with van der Waals surface area (Å²) >= 11 is 0. The van der Waals surface area contributed by atoms with Crippen molar-refractivity contribution in [2.24, 2.45) is 5.41 Å². The second-order valence-corrected chi connectivity index (χ2v) is 9.26. The van der Waals surface area contributed by atoms with E-state index in [2.05, 4.69) is 50.8 Å². The van der Waals surface area contributed by atoms with Gasteiger partial charge in [-0.05, 0) is 68.2 Å². The van der Waals surface area contributed by atoms with Crippen molar-refractivity contribution in [2.45, 2.75) is 84.3 Å². The number of hydrogen-bond acceptors (Lipinski definition) is 2. The van der Waals surface area contributed by atoms with Gasteiger partial charge in [0, 0.05) is 18.0 Å². The zero-order chi connectivity index (χ0) is 17.8. The van der Waals surface area contributed by atoms with Crippen LogP contribution in [0.15, 0.2) is 18.2 Å². The molecule has 1 fully saturated rings. The summed E-state index contributed by atoms with van der Waals surface area (Å²) in [5, 5.41) is 10.4. The van der Waals surface area contributed by atoms with E-state index in [-0.39, 0.29) is 10.8 Å². The van der Waals surface area contributed by atoms with Crippen molar-refractivity contribution in [1.29, 1.82) is 0 Å². The summed E-state index contributed by atoms with van der Waals surface area (Å²) in [6, 6.07) is 7.71. The molecule has 1 saturated heterocycles. The molecule has 2 bridgehead atoms. The molecule has 2 heteroatoms. The number of hydrogen-bond donors (Lipinski definition) is 1. The van der Waals surface area contributed by atoms with Gasteiger partial charge in [-0.15, -0.1) is 0 Å². The van der Waals surface area contributed by atoms with Crippen LogP contribution in [0.1, 0.15) is 71.1 Å². The second-order valence-electron chi connectivity index (χ2n) is 9.26. The number of aryl methyl sites for hydroxylation is 1. The molecule has 0 aromatic heterocycles. The molecule has 0 spiro atoms. The first kappa shape index (κ1) is 17.9. The van der Waals surface area contributed by atoms with E-state index in [9.17, 15) is 5.11 Å². The van der Waals surface area contributed by atoms with Crippen LogP contribution in [0, 0.1) is 5.41 Å². The Balaban J connectivity index is 2.09. The molecule has 24 heavy (non-hydrogen) atoms. The molecule has 3 rings (SSSR count). The number of benzene rings is 1. The van der Waals surface area contributed by atoms with Crippen molar-refractivity contribution in [3.63, 3.8) is 0 Å². The van der Waals surface area contributed by atoms with Crippen LogP contribution < -0.4 is 0 Å². The molecular formula is C22H35NO. The topological polar surface area (TPSA) is 23.5 Å². The first-order chi connectivity index (χ1) is 11.1. The molecule has 2 nitrogen and oxygen atoms in total. The standard InChI is InChI=1S/C22H35NO/c1-7-16-9-10-17-14-19-21(5,6)22(8-2,18(17)13-16)11-12-23(19)15-20(3,4)24/h9-10,13,19,24H,7-8,11-12,14-15H2,1-6H3. The van der Waals surface area contributed by atoms with Crippen LogP contribution in [-0.4, -0.2) is 34.7 Å². The Kier molecular flexibility index (Phi) is 4.37. The van der Waals surface area contributed by atoms with Crippen LogP contribution >= 0.6 is 0 Å². The molecule has 1 aliphatic carbocycles. The lowest BCUT2D eigenvalue weighted by Gasteiger charge is -2.62. The van der Waals surface area contributed by atoms with Crippen LogP contribution in [0.25, 0.3) is 0 Å². The predicted molar refractivity (Wildman–Crippen MR) is 102 cm³/mol. The lowest BCUT2D eigenvalue weighted by molar-refractivity contribution is -0.0778. The van der Waals surface area contributed by atoms with Crippen molar-refractivity contribution >= 4 is 0 Å². The Hall–Kier alpha value is -0.860. The first-order valence-electron chi connectivity index (χ1n) is 9.73. The number of likely N-dealkylation sites (tertiary alicyclic amines) is 1.